The third-order valence-corrected chi connectivity index (χ3v) is 7.04. The predicted octanol–water partition coefficient (Wildman–Crippen LogP) is 4.06. The van der Waals surface area contributed by atoms with Gasteiger partial charge in [0.05, 0.1) is 0 Å². The highest BCUT2D eigenvalue weighted by Gasteiger charge is 2.43. The predicted molar refractivity (Wildman–Crippen MR) is 124 cm³/mol. The number of fused-ring (bicyclic) bond motifs is 3. The van der Waals surface area contributed by atoms with E-state index >= 15 is 0 Å². The van der Waals surface area contributed by atoms with Crippen molar-refractivity contribution in [2.24, 2.45) is 5.41 Å². The largest absolute Gasteiger partial charge is 0.481 e. The molecule has 0 heterocycles. The Morgan fingerprint density at radius 2 is 1.61 bits per heavy atom. The lowest BCUT2D eigenvalue weighted by Crippen LogP contribution is -2.51. The number of amides is 2. The number of carbonyl (C=O) groups excluding carboxylic acids is 2. The Morgan fingerprint density at radius 3 is 2.15 bits per heavy atom. The van der Waals surface area contributed by atoms with Crippen LogP contribution in [-0.2, 0) is 14.3 Å². The van der Waals surface area contributed by atoms with Crippen LogP contribution in [0, 0.1) is 5.41 Å². The molecular formula is C26H30N2O5. The van der Waals surface area contributed by atoms with Gasteiger partial charge in [-0.1, -0.05) is 55.5 Å². The van der Waals surface area contributed by atoms with Gasteiger partial charge in [-0.2, -0.15) is 0 Å². The van der Waals surface area contributed by atoms with Crippen LogP contribution in [0.2, 0.25) is 0 Å². The number of aliphatic carboxylic acids is 1. The molecule has 1 fully saturated rings. The van der Waals surface area contributed by atoms with Crippen molar-refractivity contribution in [2.45, 2.75) is 57.5 Å². The lowest BCUT2D eigenvalue weighted by molar-refractivity contribution is -0.137. The van der Waals surface area contributed by atoms with Crippen molar-refractivity contribution in [2.75, 3.05) is 6.61 Å². The van der Waals surface area contributed by atoms with Crippen molar-refractivity contribution in [3.05, 3.63) is 59.7 Å². The molecule has 1 saturated carbocycles. The van der Waals surface area contributed by atoms with Gasteiger partial charge in [0.2, 0.25) is 5.91 Å². The van der Waals surface area contributed by atoms with Gasteiger partial charge in [-0.15, -0.1) is 0 Å². The van der Waals surface area contributed by atoms with Gasteiger partial charge in [0.15, 0.2) is 0 Å². The molecule has 2 aliphatic rings. The zero-order valence-electron chi connectivity index (χ0n) is 19.0. The number of carboxylic acids is 1. The summed E-state index contributed by atoms with van der Waals surface area (Å²) in [5, 5.41) is 14.6. The number of benzene rings is 2. The van der Waals surface area contributed by atoms with Gasteiger partial charge in [0.1, 0.15) is 12.6 Å². The maximum atomic E-state index is 12.8. The van der Waals surface area contributed by atoms with E-state index in [4.69, 9.17) is 9.84 Å². The van der Waals surface area contributed by atoms with E-state index in [1.54, 1.807) is 0 Å². The van der Waals surface area contributed by atoms with Crippen molar-refractivity contribution >= 4 is 18.0 Å². The number of hydrogen-bond donors (Lipinski definition) is 3. The van der Waals surface area contributed by atoms with Gasteiger partial charge >= 0.3 is 12.1 Å². The first-order valence-electron chi connectivity index (χ1n) is 11.4. The van der Waals surface area contributed by atoms with Gasteiger partial charge in [-0.25, -0.2) is 4.79 Å². The van der Waals surface area contributed by atoms with Crippen LogP contribution in [-0.4, -0.2) is 41.8 Å². The first-order valence-corrected chi connectivity index (χ1v) is 11.4. The maximum Gasteiger partial charge on any atom is 0.407 e. The van der Waals surface area contributed by atoms with E-state index in [-0.39, 0.29) is 42.7 Å². The number of carbonyl (C=O) groups is 3. The van der Waals surface area contributed by atoms with Crippen molar-refractivity contribution < 1.29 is 24.2 Å². The first kappa shape index (κ1) is 22.8. The van der Waals surface area contributed by atoms with E-state index < -0.39 is 18.1 Å². The zero-order chi connectivity index (χ0) is 23.6. The minimum absolute atomic E-state index is 0.00516. The summed E-state index contributed by atoms with van der Waals surface area (Å²) in [7, 11) is 0. The van der Waals surface area contributed by atoms with Crippen LogP contribution in [0.1, 0.15) is 56.6 Å². The van der Waals surface area contributed by atoms with Crippen molar-refractivity contribution in [1.82, 2.24) is 10.6 Å². The molecule has 4 rings (SSSR count). The average molecular weight is 451 g/mol. The second-order valence-electron chi connectivity index (χ2n) is 9.34. The number of hydrogen-bond acceptors (Lipinski definition) is 4. The van der Waals surface area contributed by atoms with Crippen LogP contribution < -0.4 is 10.6 Å². The number of rotatable bonds is 9. The SMILES string of the molecule is CC(NC(=O)C(CCC(=O)O)NC(=O)OCC1c2ccccc2-c2ccccc21)C1(C)CC1. The Morgan fingerprint density at radius 1 is 1.03 bits per heavy atom. The first-order chi connectivity index (χ1) is 15.8. The van der Waals surface area contributed by atoms with Gasteiger partial charge in [0, 0.05) is 18.4 Å². The highest BCUT2D eigenvalue weighted by molar-refractivity contribution is 5.86. The monoisotopic (exact) mass is 450 g/mol. The second kappa shape index (κ2) is 9.25. The summed E-state index contributed by atoms with van der Waals surface area (Å²) in [6.45, 7) is 4.16. The summed E-state index contributed by atoms with van der Waals surface area (Å²) in [6, 6.07) is 15.1. The number of nitrogens with one attached hydrogen (secondary N) is 2. The van der Waals surface area contributed by atoms with Crippen LogP contribution in [0.4, 0.5) is 4.79 Å². The zero-order valence-corrected chi connectivity index (χ0v) is 19.0. The molecule has 2 aromatic rings. The van der Waals surface area contributed by atoms with Gasteiger partial charge < -0.3 is 20.5 Å². The standard InChI is InChI=1S/C26H30N2O5/c1-16(26(2)13-14-26)27-24(31)22(11-12-23(29)30)28-25(32)33-15-21-19-9-5-3-7-17(19)18-8-4-6-10-20(18)21/h3-10,16,21-22H,11-15H2,1-2H3,(H,27,31)(H,28,32)(H,29,30). The van der Waals surface area contributed by atoms with E-state index in [1.807, 2.05) is 43.3 Å². The Kier molecular flexibility index (Phi) is 6.40. The quantitative estimate of drug-likeness (QED) is 0.534. The molecule has 0 radical (unpaired) electrons. The fourth-order valence-corrected chi connectivity index (χ4v) is 4.44. The number of carboxylic acid groups (broad SMARTS) is 1. The summed E-state index contributed by atoms with van der Waals surface area (Å²) in [6.07, 6.45) is 1.11. The molecule has 0 bridgehead atoms. The topological polar surface area (TPSA) is 105 Å². The summed E-state index contributed by atoms with van der Waals surface area (Å²) >= 11 is 0. The van der Waals surface area contributed by atoms with Crippen LogP contribution in [0.3, 0.4) is 0 Å². The lowest BCUT2D eigenvalue weighted by Gasteiger charge is -2.24. The molecule has 0 aromatic heterocycles. The van der Waals surface area contributed by atoms with Crippen LogP contribution in [0.15, 0.2) is 48.5 Å². The van der Waals surface area contributed by atoms with E-state index in [0.717, 1.165) is 35.1 Å². The molecule has 0 spiro atoms. The molecule has 2 amide bonds. The van der Waals surface area contributed by atoms with E-state index in [9.17, 15) is 14.4 Å². The normalized spacial score (nSPS) is 17.3. The maximum absolute atomic E-state index is 12.8. The molecule has 0 aliphatic heterocycles. The third kappa shape index (κ3) is 5.02. The minimum Gasteiger partial charge on any atom is -0.481 e. The van der Waals surface area contributed by atoms with Gasteiger partial charge in [-0.3, -0.25) is 9.59 Å². The molecule has 0 saturated heterocycles. The average Bonchev–Trinajstić information content (AvgIpc) is 3.47. The fourth-order valence-electron chi connectivity index (χ4n) is 4.44. The van der Waals surface area contributed by atoms with Gasteiger partial charge in [-0.05, 0) is 53.9 Å². The molecule has 174 valence electrons. The third-order valence-electron chi connectivity index (χ3n) is 7.04. The van der Waals surface area contributed by atoms with Crippen LogP contribution >= 0.6 is 0 Å². The van der Waals surface area contributed by atoms with E-state index in [1.165, 1.54) is 0 Å². The molecule has 7 heteroatoms. The molecule has 2 aliphatic carbocycles. The Bertz CT molecular complexity index is 1020. The molecular weight excluding hydrogens is 420 g/mol. The smallest absolute Gasteiger partial charge is 0.407 e. The number of ether oxygens (including phenoxy) is 1. The molecule has 2 aromatic carbocycles. The van der Waals surface area contributed by atoms with Crippen LogP contribution in [0.5, 0.6) is 0 Å². The Balaban J connectivity index is 1.40. The van der Waals surface area contributed by atoms with Gasteiger partial charge in [0.25, 0.3) is 0 Å². The fraction of sp³-hybridized carbons (Fsp3) is 0.423. The Labute approximate surface area is 193 Å². The van der Waals surface area contributed by atoms with Crippen molar-refractivity contribution in [1.29, 1.82) is 0 Å². The molecule has 7 nitrogen and oxygen atoms in total. The van der Waals surface area contributed by atoms with E-state index in [2.05, 4.69) is 29.7 Å². The highest BCUT2D eigenvalue weighted by atomic mass is 16.5. The summed E-state index contributed by atoms with van der Waals surface area (Å²) < 4.78 is 5.53. The summed E-state index contributed by atoms with van der Waals surface area (Å²) in [5.74, 6) is -1.50. The lowest BCUT2D eigenvalue weighted by atomic mass is 9.98. The molecule has 2 unspecified atom stereocenters. The highest BCUT2D eigenvalue weighted by Crippen LogP contribution is 2.48. The number of alkyl carbamates (subject to hydrolysis) is 1. The van der Waals surface area contributed by atoms with Crippen LogP contribution in [0.25, 0.3) is 11.1 Å². The second-order valence-corrected chi connectivity index (χ2v) is 9.34. The summed E-state index contributed by atoms with van der Waals surface area (Å²) in [4.78, 5) is 36.5. The van der Waals surface area contributed by atoms with E-state index in [0.29, 0.717) is 0 Å². The minimum atomic E-state index is -1.02. The van der Waals surface area contributed by atoms with Crippen molar-refractivity contribution in [3.63, 3.8) is 0 Å². The summed E-state index contributed by atoms with van der Waals surface area (Å²) in [5.41, 5.74) is 4.51. The molecule has 3 N–H and O–H groups in total. The Hall–Kier alpha value is -3.35. The molecule has 2 atom stereocenters. The molecule has 33 heavy (non-hydrogen) atoms. The van der Waals surface area contributed by atoms with Crippen molar-refractivity contribution in [3.8, 4) is 11.1 Å².